The normalized spacial score (nSPS) is 20.1. The van der Waals surface area contributed by atoms with Gasteiger partial charge in [0.15, 0.2) is 0 Å². The van der Waals surface area contributed by atoms with Crippen LogP contribution in [-0.4, -0.2) is 38.9 Å². The monoisotopic (exact) mass is 286 g/mol. The van der Waals surface area contributed by atoms with E-state index in [1.54, 1.807) is 13.0 Å². The number of rotatable bonds is 4. The highest BCUT2D eigenvalue weighted by atomic mass is 32.2. The largest absolute Gasteiger partial charge is 0.313 e. The van der Waals surface area contributed by atoms with Crippen LogP contribution in [0, 0.1) is 12.7 Å². The second-order valence-corrected chi connectivity index (χ2v) is 7.03. The minimum Gasteiger partial charge on any atom is -0.313 e. The summed E-state index contributed by atoms with van der Waals surface area (Å²) in [5.41, 5.74) is 0.729. The lowest BCUT2D eigenvalue weighted by atomic mass is 10.2. The van der Waals surface area contributed by atoms with Crippen LogP contribution in [0.2, 0.25) is 0 Å². The van der Waals surface area contributed by atoms with E-state index in [1.807, 2.05) is 0 Å². The fourth-order valence-corrected chi connectivity index (χ4v) is 3.66. The van der Waals surface area contributed by atoms with Crippen molar-refractivity contribution in [1.82, 2.24) is 9.62 Å². The number of halogens is 1. The quantitative estimate of drug-likeness (QED) is 0.912. The highest BCUT2D eigenvalue weighted by Gasteiger charge is 2.27. The smallest absolute Gasteiger partial charge is 0.245 e. The number of nitrogens with one attached hydrogen (secondary N) is 1. The summed E-state index contributed by atoms with van der Waals surface area (Å²) in [5, 5.41) is 3.24. The van der Waals surface area contributed by atoms with Crippen molar-refractivity contribution in [1.29, 1.82) is 0 Å². The molecule has 1 saturated heterocycles. The second kappa shape index (κ2) is 5.56. The molecule has 4 nitrogen and oxygen atoms in total. The van der Waals surface area contributed by atoms with Gasteiger partial charge in [-0.3, -0.25) is 0 Å². The van der Waals surface area contributed by atoms with Crippen LogP contribution >= 0.6 is 0 Å². The van der Waals surface area contributed by atoms with Gasteiger partial charge in [-0.1, -0.05) is 6.07 Å². The summed E-state index contributed by atoms with van der Waals surface area (Å²) < 4.78 is 39.6. The molecular weight excluding hydrogens is 267 g/mol. The molecule has 1 atom stereocenters. The van der Waals surface area contributed by atoms with Gasteiger partial charge in [-0.2, -0.15) is 4.31 Å². The number of nitrogens with zero attached hydrogens (tertiary/aromatic N) is 1. The fraction of sp³-hybridized carbons (Fsp3) is 0.538. The molecule has 1 unspecified atom stereocenters. The molecular formula is C13H19FN2O2S. The van der Waals surface area contributed by atoms with Gasteiger partial charge in [-0.05, 0) is 44.0 Å². The van der Waals surface area contributed by atoms with Crippen LogP contribution in [0.15, 0.2) is 23.1 Å². The van der Waals surface area contributed by atoms with E-state index in [2.05, 4.69) is 5.32 Å². The van der Waals surface area contributed by atoms with Crippen molar-refractivity contribution in [2.24, 2.45) is 0 Å². The predicted molar refractivity (Wildman–Crippen MR) is 72.0 cm³/mol. The van der Waals surface area contributed by atoms with E-state index in [1.165, 1.54) is 23.5 Å². The molecule has 0 spiro atoms. The minimum absolute atomic E-state index is 0.160. The van der Waals surface area contributed by atoms with Gasteiger partial charge in [-0.25, -0.2) is 12.8 Å². The third kappa shape index (κ3) is 3.13. The van der Waals surface area contributed by atoms with Crippen molar-refractivity contribution >= 4 is 10.0 Å². The average molecular weight is 286 g/mol. The van der Waals surface area contributed by atoms with Crippen LogP contribution in [0.1, 0.15) is 18.4 Å². The molecule has 1 heterocycles. The zero-order valence-electron chi connectivity index (χ0n) is 11.2. The first-order valence-corrected chi connectivity index (χ1v) is 7.81. The third-order valence-electron chi connectivity index (χ3n) is 3.41. The van der Waals surface area contributed by atoms with Gasteiger partial charge < -0.3 is 5.32 Å². The zero-order valence-corrected chi connectivity index (χ0v) is 12.0. The third-order valence-corrected chi connectivity index (χ3v) is 5.25. The maximum absolute atomic E-state index is 13.7. The topological polar surface area (TPSA) is 49.4 Å². The Bertz CT molecular complexity index is 554. The Morgan fingerprint density at radius 1 is 1.47 bits per heavy atom. The molecule has 0 amide bonds. The Labute approximate surface area is 113 Å². The summed E-state index contributed by atoms with van der Waals surface area (Å²) in [7, 11) is -2.26. The Morgan fingerprint density at radius 2 is 2.21 bits per heavy atom. The van der Waals surface area contributed by atoms with E-state index in [0.717, 1.165) is 24.9 Å². The number of benzene rings is 1. The molecule has 1 fully saturated rings. The summed E-state index contributed by atoms with van der Waals surface area (Å²) >= 11 is 0. The van der Waals surface area contributed by atoms with Crippen LogP contribution in [0.5, 0.6) is 0 Å². The van der Waals surface area contributed by atoms with Crippen LogP contribution in [-0.2, 0) is 10.0 Å². The first kappa shape index (κ1) is 14.4. The Hall–Kier alpha value is -0.980. The number of aryl methyl sites for hydroxylation is 1. The molecule has 1 aliphatic rings. The van der Waals surface area contributed by atoms with Crippen molar-refractivity contribution < 1.29 is 12.8 Å². The predicted octanol–water partition coefficient (Wildman–Crippen LogP) is 1.51. The number of hydrogen-bond donors (Lipinski definition) is 1. The van der Waals surface area contributed by atoms with E-state index < -0.39 is 15.8 Å². The molecule has 0 aliphatic carbocycles. The summed E-state index contributed by atoms with van der Waals surface area (Å²) in [6.45, 7) is 3.03. The maximum atomic E-state index is 13.7. The number of likely N-dealkylation sites (N-methyl/N-ethyl adjacent to an activating group) is 1. The van der Waals surface area contributed by atoms with Crippen LogP contribution in [0.3, 0.4) is 0 Å². The number of hydrogen-bond acceptors (Lipinski definition) is 3. The van der Waals surface area contributed by atoms with E-state index in [-0.39, 0.29) is 10.9 Å². The van der Waals surface area contributed by atoms with Gasteiger partial charge in [-0.15, -0.1) is 0 Å². The molecule has 19 heavy (non-hydrogen) atoms. The van der Waals surface area contributed by atoms with Crippen LogP contribution in [0.25, 0.3) is 0 Å². The first-order chi connectivity index (χ1) is 8.91. The molecule has 0 bridgehead atoms. The lowest BCUT2D eigenvalue weighted by Gasteiger charge is -2.21. The minimum atomic E-state index is -3.76. The molecule has 0 radical (unpaired) electrons. The Kier molecular flexibility index (Phi) is 4.23. The molecule has 106 valence electrons. The highest BCUT2D eigenvalue weighted by molar-refractivity contribution is 7.89. The van der Waals surface area contributed by atoms with Gasteiger partial charge >= 0.3 is 0 Å². The van der Waals surface area contributed by atoms with Gasteiger partial charge in [0.1, 0.15) is 10.7 Å². The molecule has 1 aromatic rings. The van der Waals surface area contributed by atoms with Crippen molar-refractivity contribution in [3.8, 4) is 0 Å². The average Bonchev–Trinajstić information content (AvgIpc) is 2.85. The van der Waals surface area contributed by atoms with E-state index in [0.29, 0.717) is 6.54 Å². The molecule has 6 heteroatoms. The van der Waals surface area contributed by atoms with Crippen molar-refractivity contribution in [3.63, 3.8) is 0 Å². The van der Waals surface area contributed by atoms with Gasteiger partial charge in [0.05, 0.1) is 0 Å². The second-order valence-electron chi connectivity index (χ2n) is 5.01. The summed E-state index contributed by atoms with van der Waals surface area (Å²) in [6.07, 6.45) is 2.01. The van der Waals surface area contributed by atoms with Crippen LogP contribution in [0.4, 0.5) is 4.39 Å². The molecule has 1 aliphatic heterocycles. The van der Waals surface area contributed by atoms with E-state index in [9.17, 15) is 12.8 Å². The Balaban J connectivity index is 2.22. The number of sulfonamides is 1. The lowest BCUT2D eigenvalue weighted by molar-refractivity contribution is 0.414. The van der Waals surface area contributed by atoms with Gasteiger partial charge in [0.25, 0.3) is 0 Å². The lowest BCUT2D eigenvalue weighted by Crippen LogP contribution is -2.38. The van der Waals surface area contributed by atoms with Gasteiger partial charge in [0, 0.05) is 19.6 Å². The van der Waals surface area contributed by atoms with E-state index >= 15 is 0 Å². The summed E-state index contributed by atoms with van der Waals surface area (Å²) in [5.74, 6) is -0.697. The molecule has 2 rings (SSSR count). The zero-order chi connectivity index (χ0) is 14.0. The SMILES string of the molecule is Cc1ccc(F)c(S(=O)(=O)N(C)CC2CCCN2)c1. The highest BCUT2D eigenvalue weighted by Crippen LogP contribution is 2.20. The van der Waals surface area contributed by atoms with Crippen molar-refractivity contribution in [2.45, 2.75) is 30.7 Å². The molecule has 0 saturated carbocycles. The standard InChI is InChI=1S/C13H19FN2O2S/c1-10-5-6-12(14)13(8-10)19(17,18)16(2)9-11-4-3-7-15-11/h5-6,8,11,15H,3-4,7,9H2,1-2H3. The molecule has 0 aromatic heterocycles. The summed E-state index contributed by atoms with van der Waals surface area (Å²) in [6, 6.07) is 4.30. The fourth-order valence-electron chi connectivity index (χ4n) is 2.30. The van der Waals surface area contributed by atoms with Crippen molar-refractivity contribution in [3.05, 3.63) is 29.6 Å². The van der Waals surface area contributed by atoms with Crippen LogP contribution < -0.4 is 5.32 Å². The Morgan fingerprint density at radius 3 is 2.84 bits per heavy atom. The van der Waals surface area contributed by atoms with Crippen molar-refractivity contribution in [2.75, 3.05) is 20.1 Å². The van der Waals surface area contributed by atoms with E-state index in [4.69, 9.17) is 0 Å². The first-order valence-electron chi connectivity index (χ1n) is 6.37. The summed E-state index contributed by atoms with van der Waals surface area (Å²) in [4.78, 5) is -0.243. The van der Waals surface area contributed by atoms with Gasteiger partial charge in [0.2, 0.25) is 10.0 Å². The maximum Gasteiger partial charge on any atom is 0.245 e. The molecule has 1 aromatic carbocycles. The molecule has 1 N–H and O–H groups in total.